The zero-order valence-corrected chi connectivity index (χ0v) is 14.0. The zero-order chi connectivity index (χ0) is 16.6. The van der Waals surface area contributed by atoms with E-state index in [1.165, 1.54) is 0 Å². The highest BCUT2D eigenvalue weighted by Gasteiger charge is 2.49. The molecule has 1 aliphatic heterocycles. The average molecular weight is 319 g/mol. The fraction of sp³-hybridized carbons (Fsp3) is 0.706. The third kappa shape index (κ3) is 3.26. The lowest BCUT2D eigenvalue weighted by molar-refractivity contribution is -0.158. The van der Waals surface area contributed by atoms with Crippen LogP contribution in [0.1, 0.15) is 58.2 Å². The molecular formula is C17H25N3O3. The fourth-order valence-corrected chi connectivity index (χ4v) is 3.59. The number of cyclic esters (lactones) is 1. The molecule has 0 bridgehead atoms. The Bertz CT molecular complexity index is 578. The smallest absolute Gasteiger partial charge is 0.310 e. The first-order valence-electron chi connectivity index (χ1n) is 8.40. The van der Waals surface area contributed by atoms with Crippen molar-refractivity contribution in [2.24, 2.45) is 11.8 Å². The van der Waals surface area contributed by atoms with Crippen molar-refractivity contribution in [3.63, 3.8) is 0 Å². The maximum Gasteiger partial charge on any atom is 0.310 e. The van der Waals surface area contributed by atoms with E-state index in [0.29, 0.717) is 18.3 Å². The lowest BCUT2D eigenvalue weighted by atomic mass is 9.79. The van der Waals surface area contributed by atoms with Crippen LogP contribution in [0.3, 0.4) is 0 Å². The molecule has 6 heteroatoms. The molecule has 126 valence electrons. The van der Waals surface area contributed by atoms with Crippen molar-refractivity contribution in [2.75, 3.05) is 0 Å². The second-order valence-corrected chi connectivity index (χ2v) is 7.50. The summed E-state index contributed by atoms with van der Waals surface area (Å²) in [6.45, 7) is 5.88. The van der Waals surface area contributed by atoms with Crippen LogP contribution in [0.25, 0.3) is 0 Å². The quantitative estimate of drug-likeness (QED) is 0.814. The number of nitrogens with zero attached hydrogens (tertiary/aromatic N) is 1. The van der Waals surface area contributed by atoms with Gasteiger partial charge >= 0.3 is 5.97 Å². The van der Waals surface area contributed by atoms with Gasteiger partial charge in [0.2, 0.25) is 0 Å². The van der Waals surface area contributed by atoms with Crippen molar-refractivity contribution in [3.05, 3.63) is 18.2 Å². The highest BCUT2D eigenvalue weighted by Crippen LogP contribution is 2.38. The first kappa shape index (κ1) is 16.0. The van der Waals surface area contributed by atoms with Gasteiger partial charge in [-0.1, -0.05) is 13.8 Å². The maximum absolute atomic E-state index is 12.5. The molecule has 1 saturated carbocycles. The number of ether oxygens (including phenoxy) is 1. The highest BCUT2D eigenvalue weighted by atomic mass is 16.6. The van der Waals surface area contributed by atoms with Crippen LogP contribution in [-0.2, 0) is 14.3 Å². The number of carbonyl (C=O) groups excluding carboxylic acids is 2. The largest absolute Gasteiger partial charge is 0.449 e. The Kier molecular flexibility index (Phi) is 4.17. The maximum atomic E-state index is 12.5. The van der Waals surface area contributed by atoms with Gasteiger partial charge in [0.1, 0.15) is 5.82 Å². The topological polar surface area (TPSA) is 84.1 Å². The van der Waals surface area contributed by atoms with Crippen LogP contribution in [0.2, 0.25) is 0 Å². The van der Waals surface area contributed by atoms with Gasteiger partial charge in [0, 0.05) is 30.8 Å². The van der Waals surface area contributed by atoms with E-state index < -0.39 is 5.60 Å². The molecule has 2 heterocycles. The van der Waals surface area contributed by atoms with Gasteiger partial charge in [0.25, 0.3) is 5.91 Å². The van der Waals surface area contributed by atoms with Gasteiger partial charge in [0.05, 0.1) is 5.92 Å². The van der Waals surface area contributed by atoms with Gasteiger partial charge in [0.15, 0.2) is 5.60 Å². The zero-order valence-electron chi connectivity index (χ0n) is 14.0. The van der Waals surface area contributed by atoms with Crippen molar-refractivity contribution in [1.82, 2.24) is 15.3 Å². The third-order valence-corrected chi connectivity index (χ3v) is 4.91. The molecular weight excluding hydrogens is 294 g/mol. The summed E-state index contributed by atoms with van der Waals surface area (Å²) in [6, 6.07) is 0.136. The Morgan fingerprint density at radius 2 is 2.26 bits per heavy atom. The molecule has 0 aromatic carbocycles. The first-order chi connectivity index (χ1) is 10.9. The molecule has 2 fully saturated rings. The molecule has 2 aliphatic rings. The standard InChI is InChI=1S/C17H25N3O3/c1-10(2)6-12-9-17(3,23-15(12)21)16(22)20-13-7-11(8-13)14-18-4-5-19-14/h4-5,10-13H,6-9H2,1-3H3,(H,18,19)(H,20,22). The summed E-state index contributed by atoms with van der Waals surface area (Å²) in [4.78, 5) is 31.9. The number of nitrogens with one attached hydrogen (secondary N) is 2. The number of rotatable bonds is 5. The van der Waals surface area contributed by atoms with Crippen LogP contribution in [0.15, 0.2) is 12.4 Å². The Labute approximate surface area is 136 Å². The number of aromatic amines is 1. The van der Waals surface area contributed by atoms with E-state index in [1.54, 1.807) is 13.1 Å². The van der Waals surface area contributed by atoms with Crippen molar-refractivity contribution in [2.45, 2.75) is 64.0 Å². The van der Waals surface area contributed by atoms with E-state index >= 15 is 0 Å². The molecule has 0 radical (unpaired) electrons. The normalized spacial score (nSPS) is 33.4. The number of esters is 1. The molecule has 0 spiro atoms. The van der Waals surface area contributed by atoms with Crippen LogP contribution in [0.5, 0.6) is 0 Å². The molecule has 1 saturated heterocycles. The number of imidazole rings is 1. The molecule has 1 amide bonds. The predicted octanol–water partition coefficient (Wildman–Crippen LogP) is 2.14. The van der Waals surface area contributed by atoms with Crippen molar-refractivity contribution in [3.8, 4) is 0 Å². The summed E-state index contributed by atoms with van der Waals surface area (Å²) in [5.41, 5.74) is -1.02. The van der Waals surface area contributed by atoms with E-state index in [9.17, 15) is 9.59 Å². The van der Waals surface area contributed by atoms with E-state index in [2.05, 4.69) is 29.1 Å². The molecule has 2 N–H and O–H groups in total. The van der Waals surface area contributed by atoms with Gasteiger partial charge in [-0.3, -0.25) is 9.59 Å². The lowest BCUT2D eigenvalue weighted by Crippen LogP contribution is -2.52. The molecule has 2 unspecified atom stereocenters. The summed E-state index contributed by atoms with van der Waals surface area (Å²) in [5, 5.41) is 3.03. The second kappa shape index (κ2) is 5.98. The minimum atomic E-state index is -1.02. The minimum absolute atomic E-state index is 0.136. The van der Waals surface area contributed by atoms with E-state index in [1.807, 2.05) is 6.20 Å². The summed E-state index contributed by atoms with van der Waals surface area (Å²) >= 11 is 0. The summed E-state index contributed by atoms with van der Waals surface area (Å²) in [6.07, 6.45) is 6.55. The van der Waals surface area contributed by atoms with Crippen molar-refractivity contribution >= 4 is 11.9 Å². The first-order valence-corrected chi connectivity index (χ1v) is 8.40. The van der Waals surface area contributed by atoms with Gasteiger partial charge in [-0.05, 0) is 32.1 Å². The van der Waals surface area contributed by atoms with E-state index in [-0.39, 0.29) is 23.8 Å². The summed E-state index contributed by atoms with van der Waals surface area (Å²) in [5.74, 6) is 1.20. The SMILES string of the molecule is CC(C)CC1CC(C)(C(=O)NC2CC(c3ncc[nH]3)C2)OC1=O. The molecule has 3 rings (SSSR count). The van der Waals surface area contributed by atoms with E-state index in [0.717, 1.165) is 25.1 Å². The van der Waals surface area contributed by atoms with Crippen molar-refractivity contribution in [1.29, 1.82) is 0 Å². The van der Waals surface area contributed by atoms with Crippen LogP contribution in [0.4, 0.5) is 0 Å². The fourth-order valence-electron chi connectivity index (χ4n) is 3.59. The predicted molar refractivity (Wildman–Crippen MR) is 84.6 cm³/mol. The second-order valence-electron chi connectivity index (χ2n) is 7.50. The average Bonchev–Trinajstić information content (AvgIpc) is 3.02. The minimum Gasteiger partial charge on any atom is -0.449 e. The summed E-state index contributed by atoms with van der Waals surface area (Å²) < 4.78 is 5.42. The number of hydrogen-bond acceptors (Lipinski definition) is 4. The Morgan fingerprint density at radius 1 is 1.52 bits per heavy atom. The molecule has 1 aliphatic carbocycles. The monoisotopic (exact) mass is 319 g/mol. The van der Waals surface area contributed by atoms with Gasteiger partial charge in [-0.2, -0.15) is 0 Å². The molecule has 23 heavy (non-hydrogen) atoms. The van der Waals surface area contributed by atoms with Gasteiger partial charge in [-0.25, -0.2) is 4.98 Å². The number of aromatic nitrogens is 2. The lowest BCUT2D eigenvalue weighted by Gasteiger charge is -2.36. The van der Waals surface area contributed by atoms with Crippen LogP contribution < -0.4 is 5.32 Å². The Hall–Kier alpha value is -1.85. The molecule has 1 aromatic heterocycles. The number of carbonyl (C=O) groups is 2. The van der Waals surface area contributed by atoms with Crippen LogP contribution >= 0.6 is 0 Å². The Balaban J connectivity index is 1.52. The Morgan fingerprint density at radius 3 is 2.87 bits per heavy atom. The van der Waals surface area contributed by atoms with Crippen LogP contribution in [-0.4, -0.2) is 33.5 Å². The van der Waals surface area contributed by atoms with Crippen LogP contribution in [0, 0.1) is 11.8 Å². The molecule has 2 atom stereocenters. The van der Waals surface area contributed by atoms with E-state index in [4.69, 9.17) is 4.74 Å². The molecule has 1 aromatic rings. The van der Waals surface area contributed by atoms with Gasteiger partial charge < -0.3 is 15.0 Å². The highest BCUT2D eigenvalue weighted by molar-refractivity contribution is 5.91. The summed E-state index contributed by atoms with van der Waals surface area (Å²) in [7, 11) is 0. The van der Waals surface area contributed by atoms with Gasteiger partial charge in [-0.15, -0.1) is 0 Å². The third-order valence-electron chi connectivity index (χ3n) is 4.91. The number of amides is 1. The van der Waals surface area contributed by atoms with Crippen molar-refractivity contribution < 1.29 is 14.3 Å². The number of hydrogen-bond donors (Lipinski definition) is 2. The number of H-pyrrole nitrogens is 1. The molecule has 6 nitrogen and oxygen atoms in total.